The standard InChI is InChI=1S/C23H30N2O4S/c1-4-13-29-20-11-9-18(15-21(20)28-6-3)10-12-23(27)25(5-2)17-22(26)24-16-19-8-7-14-30-19/h7-12,14-15H,4-6,13,16-17H2,1-3H3,(H,24,26)/b12-10+. The van der Waals surface area contributed by atoms with E-state index >= 15 is 0 Å². The Morgan fingerprint density at radius 2 is 1.97 bits per heavy atom. The molecule has 0 spiro atoms. The molecule has 6 nitrogen and oxygen atoms in total. The highest BCUT2D eigenvalue weighted by Gasteiger charge is 2.13. The molecule has 0 aliphatic rings. The Kier molecular flexibility index (Phi) is 9.94. The second kappa shape index (κ2) is 12.7. The smallest absolute Gasteiger partial charge is 0.247 e. The number of amides is 2. The lowest BCUT2D eigenvalue weighted by molar-refractivity contribution is -0.132. The molecule has 1 heterocycles. The number of carbonyl (C=O) groups excluding carboxylic acids is 2. The average Bonchev–Trinajstić information content (AvgIpc) is 3.27. The molecule has 0 aliphatic carbocycles. The van der Waals surface area contributed by atoms with Crippen molar-refractivity contribution in [2.75, 3.05) is 26.3 Å². The minimum atomic E-state index is -0.215. The first kappa shape index (κ1) is 23.5. The van der Waals surface area contributed by atoms with Crippen LogP contribution in [0.15, 0.2) is 41.8 Å². The first-order chi connectivity index (χ1) is 14.6. The number of nitrogens with one attached hydrogen (secondary N) is 1. The van der Waals surface area contributed by atoms with Gasteiger partial charge in [-0.25, -0.2) is 0 Å². The molecule has 7 heteroatoms. The number of thiophene rings is 1. The van der Waals surface area contributed by atoms with E-state index in [9.17, 15) is 9.59 Å². The van der Waals surface area contributed by atoms with Gasteiger partial charge in [0.2, 0.25) is 11.8 Å². The zero-order valence-corrected chi connectivity index (χ0v) is 18.7. The minimum Gasteiger partial charge on any atom is -0.490 e. The summed E-state index contributed by atoms with van der Waals surface area (Å²) in [6.45, 7) is 7.91. The Morgan fingerprint density at radius 1 is 1.13 bits per heavy atom. The fourth-order valence-corrected chi connectivity index (χ4v) is 3.32. The zero-order chi connectivity index (χ0) is 21.8. The molecule has 2 rings (SSSR count). The van der Waals surface area contributed by atoms with Gasteiger partial charge in [-0.1, -0.05) is 19.1 Å². The predicted molar refractivity (Wildman–Crippen MR) is 121 cm³/mol. The third-order valence-corrected chi connectivity index (χ3v) is 5.09. The number of hydrogen-bond acceptors (Lipinski definition) is 5. The number of benzene rings is 1. The van der Waals surface area contributed by atoms with Crippen LogP contribution >= 0.6 is 11.3 Å². The van der Waals surface area contributed by atoms with Crippen LogP contribution < -0.4 is 14.8 Å². The largest absolute Gasteiger partial charge is 0.490 e. The second-order valence-corrected chi connectivity index (χ2v) is 7.56. The van der Waals surface area contributed by atoms with Gasteiger partial charge in [0.05, 0.1) is 26.3 Å². The Bertz CT molecular complexity index is 834. The van der Waals surface area contributed by atoms with E-state index in [2.05, 4.69) is 5.32 Å². The molecule has 2 aromatic rings. The molecular formula is C23H30N2O4S. The van der Waals surface area contributed by atoms with E-state index in [1.807, 2.05) is 56.5 Å². The normalized spacial score (nSPS) is 10.8. The zero-order valence-electron chi connectivity index (χ0n) is 17.8. The van der Waals surface area contributed by atoms with E-state index < -0.39 is 0 Å². The highest BCUT2D eigenvalue weighted by Crippen LogP contribution is 2.29. The van der Waals surface area contributed by atoms with Crippen LogP contribution in [-0.4, -0.2) is 43.0 Å². The topological polar surface area (TPSA) is 67.9 Å². The van der Waals surface area contributed by atoms with E-state index in [4.69, 9.17) is 9.47 Å². The van der Waals surface area contributed by atoms with Crippen molar-refractivity contribution in [2.45, 2.75) is 33.7 Å². The van der Waals surface area contributed by atoms with Crippen LogP contribution in [0, 0.1) is 0 Å². The summed E-state index contributed by atoms with van der Waals surface area (Å²) >= 11 is 1.59. The molecule has 0 atom stereocenters. The van der Waals surface area contributed by atoms with Gasteiger partial charge in [-0.3, -0.25) is 9.59 Å². The van der Waals surface area contributed by atoms with Crippen LogP contribution in [0.25, 0.3) is 6.08 Å². The summed E-state index contributed by atoms with van der Waals surface area (Å²) < 4.78 is 11.4. The van der Waals surface area contributed by atoms with Crippen LogP contribution in [0.5, 0.6) is 11.5 Å². The van der Waals surface area contributed by atoms with Crippen LogP contribution in [0.1, 0.15) is 37.6 Å². The average molecular weight is 431 g/mol. The lowest BCUT2D eigenvalue weighted by Crippen LogP contribution is -2.39. The quantitative estimate of drug-likeness (QED) is 0.515. The van der Waals surface area contributed by atoms with E-state index in [0.29, 0.717) is 37.8 Å². The van der Waals surface area contributed by atoms with E-state index in [1.54, 1.807) is 17.4 Å². The maximum atomic E-state index is 12.5. The van der Waals surface area contributed by atoms with Crippen molar-refractivity contribution in [1.29, 1.82) is 0 Å². The molecule has 162 valence electrons. The Hall–Kier alpha value is -2.80. The van der Waals surface area contributed by atoms with Crippen LogP contribution in [0.3, 0.4) is 0 Å². The SMILES string of the molecule is CCCOc1ccc(/C=C/C(=O)N(CC)CC(=O)NCc2cccs2)cc1OCC. The number of nitrogens with zero attached hydrogens (tertiary/aromatic N) is 1. The summed E-state index contributed by atoms with van der Waals surface area (Å²) in [7, 11) is 0. The molecule has 0 fully saturated rings. The summed E-state index contributed by atoms with van der Waals surface area (Å²) in [5.74, 6) is 0.955. The monoisotopic (exact) mass is 430 g/mol. The van der Waals surface area contributed by atoms with Gasteiger partial charge in [-0.15, -0.1) is 11.3 Å². The maximum absolute atomic E-state index is 12.5. The maximum Gasteiger partial charge on any atom is 0.247 e. The Morgan fingerprint density at radius 3 is 2.63 bits per heavy atom. The van der Waals surface area contributed by atoms with Crippen molar-refractivity contribution in [3.63, 3.8) is 0 Å². The number of hydrogen-bond donors (Lipinski definition) is 1. The van der Waals surface area contributed by atoms with Gasteiger partial charge in [0.25, 0.3) is 0 Å². The highest BCUT2D eigenvalue weighted by molar-refractivity contribution is 7.09. The molecular weight excluding hydrogens is 400 g/mol. The highest BCUT2D eigenvalue weighted by atomic mass is 32.1. The van der Waals surface area contributed by atoms with Gasteiger partial charge in [0.15, 0.2) is 11.5 Å². The molecule has 0 saturated heterocycles. The summed E-state index contributed by atoms with van der Waals surface area (Å²) in [5.41, 5.74) is 0.828. The number of rotatable bonds is 12. The van der Waals surface area contributed by atoms with Gasteiger partial charge < -0.3 is 19.7 Å². The van der Waals surface area contributed by atoms with Crippen LogP contribution in [0.4, 0.5) is 0 Å². The summed E-state index contributed by atoms with van der Waals surface area (Å²) in [6, 6.07) is 9.48. The summed E-state index contributed by atoms with van der Waals surface area (Å²) in [5, 5.41) is 4.81. The van der Waals surface area contributed by atoms with Gasteiger partial charge in [0, 0.05) is 17.5 Å². The molecule has 0 unspecified atom stereocenters. The lowest BCUT2D eigenvalue weighted by Gasteiger charge is -2.18. The minimum absolute atomic E-state index is 0.0268. The number of ether oxygens (including phenoxy) is 2. The predicted octanol–water partition coefficient (Wildman–Crippen LogP) is 4.11. The van der Waals surface area contributed by atoms with Crippen molar-refractivity contribution in [3.8, 4) is 11.5 Å². The second-order valence-electron chi connectivity index (χ2n) is 6.53. The first-order valence-corrected chi connectivity index (χ1v) is 11.1. The fraction of sp³-hybridized carbons (Fsp3) is 0.391. The molecule has 0 bridgehead atoms. The third kappa shape index (κ3) is 7.55. The number of likely N-dealkylation sites (N-methyl/N-ethyl adjacent to an activating group) is 1. The van der Waals surface area contributed by atoms with Crippen molar-refractivity contribution in [2.24, 2.45) is 0 Å². The third-order valence-electron chi connectivity index (χ3n) is 4.22. The molecule has 0 radical (unpaired) electrons. The van der Waals surface area contributed by atoms with E-state index in [0.717, 1.165) is 16.9 Å². The van der Waals surface area contributed by atoms with E-state index in [1.165, 1.54) is 11.0 Å². The molecule has 1 aromatic heterocycles. The first-order valence-electron chi connectivity index (χ1n) is 10.2. The fourth-order valence-electron chi connectivity index (χ4n) is 2.67. The van der Waals surface area contributed by atoms with Gasteiger partial charge >= 0.3 is 0 Å². The van der Waals surface area contributed by atoms with Gasteiger partial charge in [-0.05, 0) is 55.5 Å². The van der Waals surface area contributed by atoms with Crippen molar-refractivity contribution < 1.29 is 19.1 Å². The molecule has 2 amide bonds. The van der Waals surface area contributed by atoms with Gasteiger partial charge in [-0.2, -0.15) is 0 Å². The summed E-state index contributed by atoms with van der Waals surface area (Å²) in [6.07, 6.45) is 4.11. The van der Waals surface area contributed by atoms with E-state index in [-0.39, 0.29) is 18.4 Å². The molecule has 1 aromatic carbocycles. The van der Waals surface area contributed by atoms with Crippen molar-refractivity contribution in [1.82, 2.24) is 10.2 Å². The number of carbonyl (C=O) groups is 2. The van der Waals surface area contributed by atoms with Crippen LogP contribution in [0.2, 0.25) is 0 Å². The van der Waals surface area contributed by atoms with Crippen LogP contribution in [-0.2, 0) is 16.1 Å². The summed E-state index contributed by atoms with van der Waals surface area (Å²) in [4.78, 5) is 27.3. The molecule has 1 N–H and O–H groups in total. The molecule has 0 aliphatic heterocycles. The lowest BCUT2D eigenvalue weighted by atomic mass is 10.2. The Balaban J connectivity index is 1.96. The van der Waals surface area contributed by atoms with Crippen molar-refractivity contribution >= 4 is 29.2 Å². The van der Waals surface area contributed by atoms with Crippen molar-refractivity contribution in [3.05, 3.63) is 52.2 Å². The molecule has 30 heavy (non-hydrogen) atoms. The Labute approximate surface area is 182 Å². The van der Waals surface area contributed by atoms with Gasteiger partial charge in [0.1, 0.15) is 0 Å². The molecule has 0 saturated carbocycles.